The van der Waals surface area contributed by atoms with E-state index in [0.717, 1.165) is 18.0 Å². The maximum absolute atomic E-state index is 10.9. The van der Waals surface area contributed by atoms with Crippen molar-refractivity contribution in [1.29, 1.82) is 0 Å². The Morgan fingerprint density at radius 3 is 2.15 bits per heavy atom. The van der Waals surface area contributed by atoms with Gasteiger partial charge in [-0.1, -0.05) is 0 Å². The first-order chi connectivity index (χ1) is 15.1. The van der Waals surface area contributed by atoms with Gasteiger partial charge >= 0.3 is 23.3 Å². The first kappa shape index (κ1) is 26.8. The summed E-state index contributed by atoms with van der Waals surface area (Å²) in [6.45, 7) is 3.29. The van der Waals surface area contributed by atoms with Crippen LogP contribution in [0.3, 0.4) is 0 Å². The highest BCUT2D eigenvalue weighted by molar-refractivity contribution is 7.85. The molecule has 33 heavy (non-hydrogen) atoms. The molecule has 0 amide bonds. The number of aryl methyl sites for hydroxylation is 2. The zero-order valence-corrected chi connectivity index (χ0v) is 17.7. The molecule has 2 heterocycles. The molecule has 0 aliphatic rings. The maximum atomic E-state index is 10.9. The molecule has 2 aromatic rings. The molecule has 2 aromatic heterocycles. The second-order valence-electron chi connectivity index (χ2n) is 6.19. The van der Waals surface area contributed by atoms with Gasteiger partial charge in [-0.3, -0.25) is 34.6 Å². The third-order valence-corrected chi connectivity index (χ3v) is 4.71. The van der Waals surface area contributed by atoms with Crippen molar-refractivity contribution in [3.63, 3.8) is 0 Å². The zero-order valence-electron chi connectivity index (χ0n) is 16.9. The van der Waals surface area contributed by atoms with Crippen molar-refractivity contribution >= 4 is 39.2 Å². The Morgan fingerprint density at radius 1 is 1.12 bits per heavy atom. The summed E-state index contributed by atoms with van der Waals surface area (Å²) in [6.07, 6.45) is -0.0238. The summed E-state index contributed by atoms with van der Waals surface area (Å²) in [4.78, 5) is 48.1. The number of hydrogen-bond donors (Lipinski definition) is 4. The Hall–Kier alpha value is -4.25. The van der Waals surface area contributed by atoms with Gasteiger partial charge in [0.05, 0.1) is 22.0 Å². The average Bonchev–Trinajstić information content (AvgIpc) is 2.66. The van der Waals surface area contributed by atoms with E-state index in [2.05, 4.69) is 9.97 Å². The number of carboxylic acid groups (broad SMARTS) is 2. The lowest BCUT2D eigenvalue weighted by atomic mass is 10.2. The fourth-order valence-corrected chi connectivity index (χ4v) is 3.02. The highest BCUT2D eigenvalue weighted by atomic mass is 32.2. The van der Waals surface area contributed by atoms with Crippen molar-refractivity contribution in [2.45, 2.75) is 31.2 Å². The lowest BCUT2D eigenvalue weighted by Gasteiger charge is -2.12. The molecule has 0 aliphatic carbocycles. The SMILES string of the molecule is Cc1ccc(S(=O)(=O)O)c(C)n1.O=C(O)C[C@H](Nc1nccc([N+](=O)[O-])c1[N+](=O)[O-])C(=O)O. The molecule has 0 unspecified atom stereocenters. The van der Waals surface area contributed by atoms with Crippen molar-refractivity contribution in [2.24, 2.45) is 0 Å². The van der Waals surface area contributed by atoms with Gasteiger partial charge < -0.3 is 15.5 Å². The van der Waals surface area contributed by atoms with E-state index in [1.165, 1.54) is 19.1 Å². The fourth-order valence-electron chi connectivity index (χ4n) is 2.36. The van der Waals surface area contributed by atoms with Crippen LogP contribution in [-0.2, 0) is 19.7 Å². The number of carbonyl (C=O) groups is 2. The van der Waals surface area contributed by atoms with Crippen LogP contribution in [-0.4, -0.2) is 61.0 Å². The standard InChI is InChI=1S/C9H8N4O8.C7H9NO3S/c14-6(15)3-4(9(16)17)11-8-7(13(20)21)5(12(18)19)1-2-10-8;1-5-3-4-7(6(2)8-5)12(9,10)11/h1-2,4H,3H2,(H,10,11)(H,14,15)(H,16,17);3-4H,1-2H3,(H,9,10,11)/t4-;/m0./s1. The predicted octanol–water partition coefficient (Wildman–Crippen LogP) is 1.18. The molecule has 0 aliphatic heterocycles. The largest absolute Gasteiger partial charge is 0.481 e. The molecule has 178 valence electrons. The van der Waals surface area contributed by atoms with Gasteiger partial charge in [0, 0.05) is 18.0 Å². The molecule has 0 spiro atoms. The highest BCUT2D eigenvalue weighted by Gasteiger charge is 2.32. The summed E-state index contributed by atoms with van der Waals surface area (Å²) in [5, 5.41) is 41.0. The number of carboxylic acids is 2. The number of pyridine rings is 2. The first-order valence-electron chi connectivity index (χ1n) is 8.55. The van der Waals surface area contributed by atoms with E-state index >= 15 is 0 Å². The molecule has 0 aromatic carbocycles. The molecule has 0 saturated heterocycles. The summed E-state index contributed by atoms with van der Waals surface area (Å²) < 4.78 is 30.1. The number of nitrogens with one attached hydrogen (secondary N) is 1. The number of nitro groups is 2. The van der Waals surface area contributed by atoms with Gasteiger partial charge in [-0.15, -0.1) is 0 Å². The van der Waals surface area contributed by atoms with E-state index in [1.807, 2.05) is 5.32 Å². The fraction of sp³-hybridized carbons (Fsp3) is 0.250. The van der Waals surface area contributed by atoms with E-state index in [0.29, 0.717) is 5.69 Å². The summed E-state index contributed by atoms with van der Waals surface area (Å²) in [5.41, 5.74) is -0.895. The number of nitrogens with zero attached hydrogens (tertiary/aromatic N) is 4. The van der Waals surface area contributed by atoms with Crippen LogP contribution >= 0.6 is 0 Å². The quantitative estimate of drug-likeness (QED) is 0.232. The molecule has 0 fully saturated rings. The molecule has 17 heteroatoms. The van der Waals surface area contributed by atoms with Crippen LogP contribution in [0.4, 0.5) is 17.2 Å². The summed E-state index contributed by atoms with van der Waals surface area (Å²) >= 11 is 0. The predicted molar refractivity (Wildman–Crippen MR) is 108 cm³/mol. The van der Waals surface area contributed by atoms with Crippen LogP contribution in [0.25, 0.3) is 0 Å². The van der Waals surface area contributed by atoms with Gasteiger partial charge in [0.15, 0.2) is 0 Å². The maximum Gasteiger partial charge on any atom is 0.387 e. The minimum absolute atomic E-state index is 0.131. The second-order valence-corrected chi connectivity index (χ2v) is 7.58. The van der Waals surface area contributed by atoms with E-state index < -0.39 is 61.6 Å². The lowest BCUT2D eigenvalue weighted by molar-refractivity contribution is -0.422. The molecule has 0 radical (unpaired) electrons. The second kappa shape index (κ2) is 10.9. The van der Waals surface area contributed by atoms with E-state index in [-0.39, 0.29) is 4.90 Å². The van der Waals surface area contributed by atoms with Crippen molar-refractivity contribution in [2.75, 3.05) is 5.32 Å². The van der Waals surface area contributed by atoms with Gasteiger partial charge in [0.25, 0.3) is 10.1 Å². The first-order valence-corrected chi connectivity index (χ1v) is 9.99. The average molecular weight is 487 g/mol. The van der Waals surface area contributed by atoms with Crippen molar-refractivity contribution in [1.82, 2.24) is 9.97 Å². The number of anilines is 1. The number of aliphatic carboxylic acids is 2. The van der Waals surface area contributed by atoms with Gasteiger partial charge in [0.1, 0.15) is 10.9 Å². The molecule has 0 saturated carbocycles. The van der Waals surface area contributed by atoms with Gasteiger partial charge in [-0.25, -0.2) is 9.78 Å². The van der Waals surface area contributed by atoms with Crippen molar-refractivity contribution in [3.05, 3.63) is 56.0 Å². The molecule has 0 bridgehead atoms. The number of rotatable bonds is 8. The Labute approximate surface area is 185 Å². The lowest BCUT2D eigenvalue weighted by Crippen LogP contribution is -2.32. The molecular formula is C16H17N5O11S. The normalized spacial score (nSPS) is 11.5. The third-order valence-electron chi connectivity index (χ3n) is 3.72. The molecule has 2 rings (SSSR count). The van der Waals surface area contributed by atoms with Crippen LogP contribution in [0.15, 0.2) is 29.3 Å². The summed E-state index contributed by atoms with van der Waals surface area (Å²) in [5.74, 6) is -3.76. The van der Waals surface area contributed by atoms with Gasteiger partial charge in [0.2, 0.25) is 5.82 Å². The molecule has 16 nitrogen and oxygen atoms in total. The van der Waals surface area contributed by atoms with Crippen molar-refractivity contribution < 1.29 is 42.6 Å². The molecule has 1 atom stereocenters. The molecule has 4 N–H and O–H groups in total. The van der Waals surface area contributed by atoms with E-state index in [1.54, 1.807) is 6.92 Å². The van der Waals surface area contributed by atoms with E-state index in [4.69, 9.17) is 14.8 Å². The van der Waals surface area contributed by atoms with Crippen LogP contribution in [0.5, 0.6) is 0 Å². The third kappa shape index (κ3) is 7.74. The topological polar surface area (TPSA) is 253 Å². The smallest absolute Gasteiger partial charge is 0.387 e. The zero-order chi connectivity index (χ0) is 25.5. The molecular weight excluding hydrogens is 470 g/mol. The minimum Gasteiger partial charge on any atom is -0.481 e. The Morgan fingerprint density at radius 2 is 1.73 bits per heavy atom. The van der Waals surface area contributed by atoms with Crippen molar-refractivity contribution in [3.8, 4) is 0 Å². The Kier molecular flexibility index (Phi) is 8.82. The van der Waals surface area contributed by atoms with Gasteiger partial charge in [-0.2, -0.15) is 8.42 Å². The van der Waals surface area contributed by atoms with Crippen LogP contribution in [0.2, 0.25) is 0 Å². The van der Waals surface area contributed by atoms with Gasteiger partial charge in [-0.05, 0) is 26.0 Å². The minimum atomic E-state index is -4.11. The number of aromatic nitrogens is 2. The summed E-state index contributed by atoms with van der Waals surface area (Å²) in [7, 11) is -4.11. The summed E-state index contributed by atoms with van der Waals surface area (Å²) in [6, 6.07) is 1.93. The van der Waals surface area contributed by atoms with Crippen LogP contribution in [0, 0.1) is 34.1 Å². The monoisotopic (exact) mass is 487 g/mol. The van der Waals surface area contributed by atoms with Crippen LogP contribution < -0.4 is 5.32 Å². The number of hydrogen-bond acceptors (Lipinski definition) is 11. The van der Waals surface area contributed by atoms with Crippen LogP contribution in [0.1, 0.15) is 17.8 Å². The Balaban J connectivity index is 0.000000383. The highest BCUT2D eigenvalue weighted by Crippen LogP contribution is 2.32. The van der Waals surface area contributed by atoms with E-state index in [9.17, 15) is 38.2 Å². The Bertz CT molecular complexity index is 1200.